The number of piperidine rings is 1. The van der Waals surface area contributed by atoms with Crippen molar-refractivity contribution < 1.29 is 30.0 Å². The van der Waals surface area contributed by atoms with Crippen LogP contribution < -0.4 is 4.90 Å². The number of amides is 1. The summed E-state index contributed by atoms with van der Waals surface area (Å²) in [6.45, 7) is 2.35. The van der Waals surface area contributed by atoms with Crippen LogP contribution in [0.5, 0.6) is 0 Å². The maximum Gasteiger partial charge on any atom is 0.283 e. The number of hydrogen-bond acceptors (Lipinski definition) is 8. The molecule has 4 rings (SSSR count). The molecule has 1 amide bonds. The molecule has 1 aliphatic heterocycles. The zero-order valence-corrected chi connectivity index (χ0v) is 23.8. The number of benzene rings is 2. The van der Waals surface area contributed by atoms with Gasteiger partial charge in [0.05, 0.1) is 16.8 Å². The molecule has 0 spiro atoms. The standard InChI is InChI=1S/C24H30N4O7S3/c1-4-38(34,35)27-11-9-17(10-12-27)22-15-25-23-20(22)13-18(16-5-7-19(8-6-16)26(2)3)14-21(23)24(29)28(36(30)31)37(32)33/h5-8,13-15,17,25,36-37H,4,9-12H2,1-3H3. The number of hydrogen-bond donors (Lipinski definition) is 3. The van der Waals surface area contributed by atoms with Gasteiger partial charge >= 0.3 is 0 Å². The van der Waals surface area contributed by atoms with Crippen molar-refractivity contribution >= 4 is 54.3 Å². The van der Waals surface area contributed by atoms with Crippen LogP contribution in [-0.2, 0) is 31.8 Å². The quantitative estimate of drug-likeness (QED) is 0.342. The molecule has 1 aromatic heterocycles. The van der Waals surface area contributed by atoms with E-state index < -0.39 is 37.7 Å². The number of sulfonamides is 1. The molecule has 1 saturated heterocycles. The molecule has 1 N–H and O–H groups in total. The van der Waals surface area contributed by atoms with Crippen molar-refractivity contribution in [3.63, 3.8) is 0 Å². The fraction of sp³-hybridized carbons (Fsp3) is 0.375. The lowest BCUT2D eigenvalue weighted by atomic mass is 9.88. The molecule has 11 nitrogen and oxygen atoms in total. The Morgan fingerprint density at radius 3 is 2.13 bits per heavy atom. The number of H-pyrrole nitrogens is 1. The predicted molar refractivity (Wildman–Crippen MR) is 148 cm³/mol. The maximum absolute atomic E-state index is 13.2. The number of thiol groups is 2. The average molecular weight is 583 g/mol. The van der Waals surface area contributed by atoms with Gasteiger partial charge in [0, 0.05) is 44.5 Å². The monoisotopic (exact) mass is 582 g/mol. The van der Waals surface area contributed by atoms with Crippen molar-refractivity contribution in [2.75, 3.05) is 37.8 Å². The Morgan fingerprint density at radius 2 is 1.61 bits per heavy atom. The van der Waals surface area contributed by atoms with E-state index in [2.05, 4.69) is 4.98 Å². The second-order valence-corrected chi connectivity index (χ2v) is 13.6. The molecule has 0 saturated carbocycles. The van der Waals surface area contributed by atoms with Crippen molar-refractivity contribution in [2.24, 2.45) is 0 Å². The molecule has 2 aromatic carbocycles. The lowest BCUT2D eigenvalue weighted by Gasteiger charge is -2.31. The molecule has 14 heteroatoms. The number of rotatable bonds is 8. The molecule has 3 aromatic rings. The van der Waals surface area contributed by atoms with Gasteiger partial charge in [-0.3, -0.25) is 4.79 Å². The second-order valence-electron chi connectivity index (χ2n) is 9.28. The maximum atomic E-state index is 13.2. The first-order chi connectivity index (χ1) is 17.9. The van der Waals surface area contributed by atoms with Crippen LogP contribution >= 0.6 is 0 Å². The SMILES string of the molecule is CCS(=O)(=O)N1CCC(c2c[nH]c3c(C(=O)N([SH](=O)=O)[SH](=O)=O)cc(-c4ccc(N(C)C)cc4)cc23)CC1. The number of aromatic amines is 1. The molecule has 2 heterocycles. The minimum atomic E-state index is -3.71. The normalized spacial score (nSPS) is 15.4. The van der Waals surface area contributed by atoms with Gasteiger partial charge in [-0.1, -0.05) is 12.1 Å². The minimum absolute atomic E-state index is 0.00948. The highest BCUT2D eigenvalue weighted by molar-refractivity contribution is 7.89. The fourth-order valence-corrected chi connectivity index (χ4v) is 6.94. The Balaban J connectivity index is 1.83. The average Bonchev–Trinajstić information content (AvgIpc) is 3.31. The van der Waals surface area contributed by atoms with Crippen LogP contribution in [0.1, 0.15) is 41.6 Å². The fourth-order valence-electron chi connectivity index (χ4n) is 4.82. The van der Waals surface area contributed by atoms with Gasteiger partial charge < -0.3 is 9.88 Å². The number of nitrogens with one attached hydrogen (secondary N) is 1. The third kappa shape index (κ3) is 5.44. The minimum Gasteiger partial charge on any atom is -0.378 e. The molecule has 0 bridgehead atoms. The van der Waals surface area contributed by atoms with Gasteiger partial charge in [0.25, 0.3) is 5.91 Å². The van der Waals surface area contributed by atoms with Gasteiger partial charge in [0.1, 0.15) is 0 Å². The topological polar surface area (TPSA) is 145 Å². The Kier molecular flexibility index (Phi) is 8.16. The second kappa shape index (κ2) is 11.0. The first-order valence-corrected chi connectivity index (χ1v) is 15.8. The van der Waals surface area contributed by atoms with Gasteiger partial charge in [-0.05, 0) is 66.6 Å². The van der Waals surface area contributed by atoms with Gasteiger partial charge in [-0.15, -0.1) is 3.71 Å². The highest BCUT2D eigenvalue weighted by Gasteiger charge is 2.30. The largest absolute Gasteiger partial charge is 0.378 e. The lowest BCUT2D eigenvalue weighted by molar-refractivity contribution is 0.0927. The van der Waals surface area contributed by atoms with Gasteiger partial charge in [-0.25, -0.2) is 29.6 Å². The van der Waals surface area contributed by atoms with E-state index in [0.717, 1.165) is 16.8 Å². The summed E-state index contributed by atoms with van der Waals surface area (Å²) in [7, 11) is -6.91. The number of anilines is 1. The summed E-state index contributed by atoms with van der Waals surface area (Å²) in [5.41, 5.74) is 3.41. The van der Waals surface area contributed by atoms with E-state index in [1.807, 2.05) is 49.3 Å². The molecule has 1 fully saturated rings. The summed E-state index contributed by atoms with van der Waals surface area (Å²) in [4.78, 5) is 18.2. The summed E-state index contributed by atoms with van der Waals surface area (Å²) in [6.07, 6.45) is 2.87. The molecular weight excluding hydrogens is 552 g/mol. The predicted octanol–water partition coefficient (Wildman–Crippen LogP) is 1.93. The van der Waals surface area contributed by atoms with E-state index in [1.165, 1.54) is 10.4 Å². The lowest BCUT2D eigenvalue weighted by Crippen LogP contribution is -2.38. The third-order valence-corrected chi connectivity index (χ3v) is 10.7. The number of fused-ring (bicyclic) bond motifs is 1. The Morgan fingerprint density at radius 1 is 1.00 bits per heavy atom. The van der Waals surface area contributed by atoms with Crippen LogP contribution in [0.25, 0.3) is 22.0 Å². The van der Waals surface area contributed by atoms with Crippen molar-refractivity contribution in [1.82, 2.24) is 13.0 Å². The number of carbonyl (C=O) groups excluding carboxylic acids is 1. The van der Waals surface area contributed by atoms with Crippen LogP contribution in [0.15, 0.2) is 42.6 Å². The molecule has 1 aliphatic rings. The van der Waals surface area contributed by atoms with E-state index in [9.17, 15) is 30.0 Å². The molecule has 0 radical (unpaired) electrons. The number of nitrogens with zero attached hydrogens (tertiary/aromatic N) is 3. The van der Waals surface area contributed by atoms with Crippen molar-refractivity contribution in [1.29, 1.82) is 0 Å². The van der Waals surface area contributed by atoms with E-state index in [-0.39, 0.29) is 20.9 Å². The molecule has 38 heavy (non-hydrogen) atoms. The summed E-state index contributed by atoms with van der Waals surface area (Å²) < 4.78 is 72.4. The van der Waals surface area contributed by atoms with Crippen LogP contribution in [0.4, 0.5) is 5.69 Å². The highest BCUT2D eigenvalue weighted by Crippen LogP contribution is 2.38. The third-order valence-electron chi connectivity index (χ3n) is 6.91. The van der Waals surface area contributed by atoms with Crippen molar-refractivity contribution in [3.8, 4) is 11.1 Å². The van der Waals surface area contributed by atoms with Crippen LogP contribution in [-0.4, -0.2) is 77.1 Å². The van der Waals surface area contributed by atoms with E-state index >= 15 is 0 Å². The number of aromatic nitrogens is 1. The molecule has 0 aliphatic carbocycles. The summed E-state index contributed by atoms with van der Waals surface area (Å²) in [5, 5.41) is 0.654. The first-order valence-electron chi connectivity index (χ1n) is 12.0. The van der Waals surface area contributed by atoms with E-state index in [0.29, 0.717) is 42.4 Å². The van der Waals surface area contributed by atoms with Gasteiger partial charge in [0.15, 0.2) is 0 Å². The van der Waals surface area contributed by atoms with Crippen LogP contribution in [0, 0.1) is 0 Å². The van der Waals surface area contributed by atoms with Crippen molar-refractivity contribution in [2.45, 2.75) is 25.7 Å². The smallest absolute Gasteiger partial charge is 0.283 e. The van der Waals surface area contributed by atoms with Crippen molar-refractivity contribution in [3.05, 3.63) is 53.7 Å². The Bertz CT molecular complexity index is 1580. The summed E-state index contributed by atoms with van der Waals surface area (Å²) >= 11 is 0. The summed E-state index contributed by atoms with van der Waals surface area (Å²) in [6, 6.07) is 10.9. The number of carbonyl (C=O) groups is 1. The molecular formula is C24H30N4O7S3. The molecule has 0 atom stereocenters. The molecule has 0 unspecified atom stereocenters. The Labute approximate surface area is 225 Å². The van der Waals surface area contributed by atoms with Crippen LogP contribution in [0.2, 0.25) is 0 Å². The van der Waals surface area contributed by atoms with E-state index in [4.69, 9.17) is 0 Å². The first kappa shape index (κ1) is 28.1. The summed E-state index contributed by atoms with van der Waals surface area (Å²) in [5.74, 6) is -1.15. The molecule has 206 valence electrons. The zero-order chi connectivity index (χ0) is 27.8. The highest BCUT2D eigenvalue weighted by atomic mass is 32.2. The zero-order valence-electron chi connectivity index (χ0n) is 21.2. The Hall–Kier alpha value is -2.94. The van der Waals surface area contributed by atoms with Gasteiger partial charge in [-0.2, -0.15) is 0 Å². The van der Waals surface area contributed by atoms with Crippen LogP contribution in [0.3, 0.4) is 0 Å². The van der Waals surface area contributed by atoms with Gasteiger partial charge in [0.2, 0.25) is 31.8 Å². The van der Waals surface area contributed by atoms with E-state index in [1.54, 1.807) is 13.1 Å².